The molecule has 0 N–H and O–H groups in total. The second-order valence-electron chi connectivity index (χ2n) is 7.37. The van der Waals surface area contributed by atoms with E-state index in [0.717, 1.165) is 44.9 Å². The summed E-state index contributed by atoms with van der Waals surface area (Å²) >= 11 is 0. The van der Waals surface area contributed by atoms with Gasteiger partial charge in [0.1, 0.15) is 0 Å². The first kappa shape index (κ1) is 22.0. The lowest BCUT2D eigenvalue weighted by molar-refractivity contribution is -0.155. The summed E-state index contributed by atoms with van der Waals surface area (Å²) in [5.41, 5.74) is 0. The molecule has 2 atom stereocenters. The number of esters is 2. The van der Waals surface area contributed by atoms with Crippen LogP contribution >= 0.6 is 0 Å². The van der Waals surface area contributed by atoms with Crippen molar-refractivity contribution in [3.63, 3.8) is 0 Å². The molecule has 0 heterocycles. The Morgan fingerprint density at radius 3 is 1.64 bits per heavy atom. The molecule has 0 radical (unpaired) electrons. The lowest BCUT2D eigenvalue weighted by Gasteiger charge is -2.26. The Morgan fingerprint density at radius 2 is 1.16 bits per heavy atom. The van der Waals surface area contributed by atoms with Gasteiger partial charge in [0.15, 0.2) is 0 Å². The molecule has 0 saturated heterocycles. The normalized spacial score (nSPS) is 20.2. The quantitative estimate of drug-likeness (QED) is 0.327. The third-order valence-corrected chi connectivity index (χ3v) is 5.08. The molecule has 25 heavy (non-hydrogen) atoms. The Bertz CT molecular complexity index is 367. The van der Waals surface area contributed by atoms with Crippen LogP contribution in [0.5, 0.6) is 0 Å². The smallest absolute Gasteiger partial charge is 0.308 e. The Kier molecular flexibility index (Phi) is 12.4. The third-order valence-electron chi connectivity index (χ3n) is 5.08. The Hall–Kier alpha value is -1.06. The molecule has 0 aromatic heterocycles. The van der Waals surface area contributed by atoms with E-state index in [4.69, 9.17) is 9.47 Å². The highest BCUT2D eigenvalue weighted by Gasteiger charge is 2.32. The fourth-order valence-corrected chi connectivity index (χ4v) is 3.43. The maximum atomic E-state index is 12.2. The summed E-state index contributed by atoms with van der Waals surface area (Å²) in [6, 6.07) is 0. The van der Waals surface area contributed by atoms with Crippen LogP contribution in [0.1, 0.15) is 97.3 Å². The van der Waals surface area contributed by atoms with Crippen LogP contribution < -0.4 is 0 Å². The molecule has 1 saturated carbocycles. The number of rotatable bonds is 13. The second kappa shape index (κ2) is 14.1. The van der Waals surface area contributed by atoms with Crippen molar-refractivity contribution in [1.82, 2.24) is 0 Å². The number of hydrogen-bond donors (Lipinski definition) is 0. The molecular weight excluding hydrogens is 316 g/mol. The van der Waals surface area contributed by atoms with Crippen molar-refractivity contribution < 1.29 is 19.1 Å². The van der Waals surface area contributed by atoms with Gasteiger partial charge in [0, 0.05) is 0 Å². The number of ether oxygens (including phenoxy) is 2. The average molecular weight is 355 g/mol. The zero-order chi connectivity index (χ0) is 18.3. The molecule has 1 fully saturated rings. The van der Waals surface area contributed by atoms with E-state index in [0.29, 0.717) is 19.6 Å². The van der Waals surface area contributed by atoms with Gasteiger partial charge in [-0.3, -0.25) is 9.59 Å². The molecule has 0 aromatic carbocycles. The number of carbonyl (C=O) groups is 2. The summed E-state index contributed by atoms with van der Waals surface area (Å²) in [4.78, 5) is 24.4. The van der Waals surface area contributed by atoms with Gasteiger partial charge in [0.25, 0.3) is 0 Å². The van der Waals surface area contributed by atoms with E-state index in [1.807, 2.05) is 0 Å². The highest BCUT2D eigenvalue weighted by molar-refractivity contribution is 5.76. The van der Waals surface area contributed by atoms with Gasteiger partial charge in [-0.15, -0.1) is 0 Å². The minimum atomic E-state index is -0.123. The minimum Gasteiger partial charge on any atom is -0.465 e. The molecule has 0 spiro atoms. The van der Waals surface area contributed by atoms with E-state index < -0.39 is 0 Å². The first-order valence-corrected chi connectivity index (χ1v) is 10.5. The van der Waals surface area contributed by atoms with Gasteiger partial charge < -0.3 is 9.47 Å². The molecule has 2 unspecified atom stereocenters. The molecule has 0 bridgehead atoms. The molecule has 4 nitrogen and oxygen atoms in total. The maximum absolute atomic E-state index is 12.2. The van der Waals surface area contributed by atoms with E-state index in [2.05, 4.69) is 13.8 Å². The summed E-state index contributed by atoms with van der Waals surface area (Å²) in [5.74, 6) is -0.478. The molecule has 1 aliphatic rings. The molecule has 0 aromatic rings. The van der Waals surface area contributed by atoms with Gasteiger partial charge in [-0.1, -0.05) is 65.2 Å². The molecule has 0 amide bonds. The van der Waals surface area contributed by atoms with Crippen molar-refractivity contribution >= 4 is 11.9 Å². The summed E-state index contributed by atoms with van der Waals surface area (Å²) in [7, 11) is 0. The van der Waals surface area contributed by atoms with Crippen LogP contribution in [0.15, 0.2) is 0 Å². The van der Waals surface area contributed by atoms with E-state index in [9.17, 15) is 9.59 Å². The van der Waals surface area contributed by atoms with Gasteiger partial charge in [-0.2, -0.15) is 0 Å². The third kappa shape index (κ3) is 9.86. The average Bonchev–Trinajstić information content (AvgIpc) is 2.64. The highest BCUT2D eigenvalue weighted by Crippen LogP contribution is 2.31. The molecular formula is C21H38O4. The predicted molar refractivity (Wildman–Crippen MR) is 100 cm³/mol. The Labute approximate surface area is 154 Å². The van der Waals surface area contributed by atoms with E-state index in [1.54, 1.807) is 0 Å². The van der Waals surface area contributed by atoms with Gasteiger partial charge in [0.2, 0.25) is 0 Å². The van der Waals surface area contributed by atoms with Crippen molar-refractivity contribution in [2.45, 2.75) is 97.3 Å². The van der Waals surface area contributed by atoms with Crippen LogP contribution in [0.25, 0.3) is 0 Å². The number of carbonyl (C=O) groups excluding carboxylic acids is 2. The van der Waals surface area contributed by atoms with E-state index >= 15 is 0 Å². The molecule has 0 aliphatic heterocycles. The van der Waals surface area contributed by atoms with Gasteiger partial charge in [0.05, 0.1) is 25.0 Å². The van der Waals surface area contributed by atoms with Crippen LogP contribution in [0.4, 0.5) is 0 Å². The topological polar surface area (TPSA) is 52.6 Å². The molecule has 146 valence electrons. The first-order chi connectivity index (χ1) is 12.2. The second-order valence-corrected chi connectivity index (χ2v) is 7.37. The number of unbranched alkanes of at least 4 members (excludes halogenated alkanes) is 7. The zero-order valence-corrected chi connectivity index (χ0v) is 16.4. The van der Waals surface area contributed by atoms with Crippen LogP contribution in [0.3, 0.4) is 0 Å². The maximum Gasteiger partial charge on any atom is 0.308 e. The minimum absolute atomic E-state index is 0.115. The monoisotopic (exact) mass is 354 g/mol. The van der Waals surface area contributed by atoms with Crippen molar-refractivity contribution in [1.29, 1.82) is 0 Å². The summed E-state index contributed by atoms with van der Waals surface area (Å²) < 4.78 is 10.8. The van der Waals surface area contributed by atoms with Crippen molar-refractivity contribution in [2.75, 3.05) is 13.2 Å². The van der Waals surface area contributed by atoms with Crippen LogP contribution in [-0.2, 0) is 19.1 Å². The predicted octanol–water partition coefficient (Wildman–Crippen LogP) is 5.43. The largest absolute Gasteiger partial charge is 0.465 e. The van der Waals surface area contributed by atoms with Crippen molar-refractivity contribution in [3.8, 4) is 0 Å². The molecule has 4 heteroatoms. The zero-order valence-electron chi connectivity index (χ0n) is 16.4. The van der Waals surface area contributed by atoms with Crippen LogP contribution in [0.2, 0.25) is 0 Å². The van der Waals surface area contributed by atoms with Crippen LogP contribution in [0, 0.1) is 11.8 Å². The lowest BCUT2D eigenvalue weighted by Crippen LogP contribution is -2.30. The molecule has 1 aliphatic carbocycles. The Morgan fingerprint density at radius 1 is 0.720 bits per heavy atom. The summed E-state index contributed by atoms with van der Waals surface area (Å²) in [6.45, 7) is 5.39. The summed E-state index contributed by atoms with van der Waals surface area (Å²) in [5, 5.41) is 0. The number of hydrogen-bond acceptors (Lipinski definition) is 4. The van der Waals surface area contributed by atoms with Gasteiger partial charge >= 0.3 is 11.9 Å². The van der Waals surface area contributed by atoms with Crippen molar-refractivity contribution in [3.05, 3.63) is 0 Å². The lowest BCUT2D eigenvalue weighted by atomic mass is 9.81. The fraction of sp³-hybridized carbons (Fsp3) is 0.905. The van der Waals surface area contributed by atoms with Crippen LogP contribution in [-0.4, -0.2) is 25.2 Å². The SMILES string of the molecule is CCCCCCCOC(=O)C1CCCC(C(=O)OCCCCCC)C1. The van der Waals surface area contributed by atoms with E-state index in [-0.39, 0.29) is 23.8 Å². The fourth-order valence-electron chi connectivity index (χ4n) is 3.43. The highest BCUT2D eigenvalue weighted by atomic mass is 16.5. The van der Waals surface area contributed by atoms with Crippen molar-refractivity contribution in [2.24, 2.45) is 11.8 Å². The first-order valence-electron chi connectivity index (χ1n) is 10.5. The summed E-state index contributed by atoms with van der Waals surface area (Å²) in [6.07, 6.45) is 13.4. The Balaban J connectivity index is 2.19. The standard InChI is InChI=1S/C21H38O4/c1-3-5-7-9-11-16-25-21(23)19-14-12-13-18(17-19)20(22)24-15-10-8-6-4-2/h18-19H,3-17H2,1-2H3. The van der Waals surface area contributed by atoms with Gasteiger partial charge in [-0.05, 0) is 32.1 Å². The van der Waals surface area contributed by atoms with E-state index in [1.165, 1.54) is 32.1 Å². The van der Waals surface area contributed by atoms with Gasteiger partial charge in [-0.25, -0.2) is 0 Å². The molecule has 1 rings (SSSR count).